The van der Waals surface area contributed by atoms with Crippen molar-refractivity contribution in [3.8, 4) is 0 Å². The first-order valence-electron chi connectivity index (χ1n) is 7.34. The number of amides is 1. The lowest BCUT2D eigenvalue weighted by molar-refractivity contribution is 0.0923. The summed E-state index contributed by atoms with van der Waals surface area (Å²) in [7, 11) is 0. The summed E-state index contributed by atoms with van der Waals surface area (Å²) >= 11 is 0. The van der Waals surface area contributed by atoms with Crippen LogP contribution in [0.5, 0.6) is 0 Å². The highest BCUT2D eigenvalue weighted by atomic mass is 19.1. The molecule has 1 aromatic heterocycles. The molecular weight excluding hydrogens is 257 g/mol. The van der Waals surface area contributed by atoms with Crippen molar-refractivity contribution in [3.63, 3.8) is 0 Å². The van der Waals surface area contributed by atoms with E-state index >= 15 is 0 Å². The maximum absolute atomic E-state index is 13.0. The average Bonchev–Trinajstić information content (AvgIpc) is 2.46. The molecule has 20 heavy (non-hydrogen) atoms. The summed E-state index contributed by atoms with van der Waals surface area (Å²) in [5, 5.41) is 6.48. The Hall–Kier alpha value is -1.49. The van der Waals surface area contributed by atoms with Crippen LogP contribution in [0.2, 0.25) is 0 Å². The minimum Gasteiger partial charge on any atom is -0.349 e. The molecule has 0 aliphatic heterocycles. The van der Waals surface area contributed by atoms with Crippen molar-refractivity contribution in [2.24, 2.45) is 0 Å². The van der Waals surface area contributed by atoms with Crippen molar-refractivity contribution >= 4 is 5.91 Å². The third kappa shape index (κ3) is 4.27. The summed E-state index contributed by atoms with van der Waals surface area (Å²) < 4.78 is 13.0. The van der Waals surface area contributed by atoms with Crippen LogP contribution in [-0.4, -0.2) is 29.5 Å². The van der Waals surface area contributed by atoms with Crippen LogP contribution in [0.3, 0.4) is 0 Å². The molecule has 0 saturated heterocycles. The Morgan fingerprint density at radius 1 is 1.30 bits per heavy atom. The van der Waals surface area contributed by atoms with Crippen molar-refractivity contribution in [2.45, 2.75) is 51.1 Å². The van der Waals surface area contributed by atoms with E-state index in [9.17, 15) is 9.18 Å². The van der Waals surface area contributed by atoms with E-state index in [1.807, 2.05) is 0 Å². The van der Waals surface area contributed by atoms with E-state index in [1.54, 1.807) is 0 Å². The monoisotopic (exact) mass is 279 g/mol. The highest BCUT2D eigenvalue weighted by molar-refractivity contribution is 5.94. The standard InChI is InChI=1S/C15H22FN3O/c1-2-7-18-13-3-5-14(6-4-13)19-15(20)11-8-12(16)10-17-9-11/h8-10,13-14,18H,2-7H2,1H3,(H,19,20). The Bertz CT molecular complexity index is 444. The first kappa shape index (κ1) is 14.9. The summed E-state index contributed by atoms with van der Waals surface area (Å²) in [5.41, 5.74) is 0.288. The van der Waals surface area contributed by atoms with Gasteiger partial charge in [0.05, 0.1) is 11.8 Å². The molecule has 0 aromatic carbocycles. The van der Waals surface area contributed by atoms with E-state index in [4.69, 9.17) is 0 Å². The second kappa shape index (κ2) is 7.33. The van der Waals surface area contributed by atoms with E-state index in [0.717, 1.165) is 44.8 Å². The van der Waals surface area contributed by atoms with Crippen LogP contribution >= 0.6 is 0 Å². The highest BCUT2D eigenvalue weighted by Gasteiger charge is 2.22. The van der Waals surface area contributed by atoms with Crippen LogP contribution in [0.4, 0.5) is 4.39 Å². The molecule has 1 saturated carbocycles. The molecule has 1 amide bonds. The molecule has 0 bridgehead atoms. The summed E-state index contributed by atoms with van der Waals surface area (Å²) in [4.78, 5) is 15.7. The lowest BCUT2D eigenvalue weighted by atomic mass is 9.91. The van der Waals surface area contributed by atoms with Crippen LogP contribution in [0.1, 0.15) is 49.4 Å². The number of hydrogen-bond donors (Lipinski definition) is 2. The smallest absolute Gasteiger partial charge is 0.253 e. The maximum atomic E-state index is 13.0. The number of nitrogens with zero attached hydrogens (tertiary/aromatic N) is 1. The van der Waals surface area contributed by atoms with Gasteiger partial charge in [-0.3, -0.25) is 9.78 Å². The number of hydrogen-bond acceptors (Lipinski definition) is 3. The Balaban J connectivity index is 1.79. The average molecular weight is 279 g/mol. The lowest BCUT2D eigenvalue weighted by Crippen LogP contribution is -2.42. The van der Waals surface area contributed by atoms with E-state index in [-0.39, 0.29) is 17.5 Å². The van der Waals surface area contributed by atoms with Gasteiger partial charge < -0.3 is 10.6 Å². The molecule has 1 aliphatic rings. The van der Waals surface area contributed by atoms with Crippen LogP contribution in [0, 0.1) is 5.82 Å². The zero-order valence-electron chi connectivity index (χ0n) is 11.9. The van der Waals surface area contributed by atoms with Crippen molar-refractivity contribution < 1.29 is 9.18 Å². The molecule has 2 rings (SSSR count). The fraction of sp³-hybridized carbons (Fsp3) is 0.600. The van der Waals surface area contributed by atoms with Gasteiger partial charge in [-0.15, -0.1) is 0 Å². The van der Waals surface area contributed by atoms with Gasteiger partial charge in [0.1, 0.15) is 5.82 Å². The topological polar surface area (TPSA) is 54.0 Å². The molecule has 2 N–H and O–H groups in total. The van der Waals surface area contributed by atoms with Crippen molar-refractivity contribution in [1.82, 2.24) is 15.6 Å². The number of carbonyl (C=O) groups excluding carboxylic acids is 1. The third-order valence-corrected chi connectivity index (χ3v) is 3.71. The number of nitrogens with one attached hydrogen (secondary N) is 2. The van der Waals surface area contributed by atoms with Gasteiger partial charge in [0.25, 0.3) is 5.91 Å². The van der Waals surface area contributed by atoms with Crippen LogP contribution in [0.15, 0.2) is 18.5 Å². The van der Waals surface area contributed by atoms with Gasteiger partial charge >= 0.3 is 0 Å². The van der Waals surface area contributed by atoms with Gasteiger partial charge in [-0.25, -0.2) is 4.39 Å². The Morgan fingerprint density at radius 3 is 2.65 bits per heavy atom. The molecule has 0 spiro atoms. The zero-order valence-corrected chi connectivity index (χ0v) is 11.9. The quantitative estimate of drug-likeness (QED) is 0.869. The molecule has 0 atom stereocenters. The van der Waals surface area contributed by atoms with E-state index in [1.165, 1.54) is 12.3 Å². The largest absolute Gasteiger partial charge is 0.349 e. The maximum Gasteiger partial charge on any atom is 0.253 e. The first-order valence-corrected chi connectivity index (χ1v) is 7.34. The van der Waals surface area contributed by atoms with Gasteiger partial charge in [0.15, 0.2) is 0 Å². The predicted molar refractivity (Wildman–Crippen MR) is 76.0 cm³/mol. The van der Waals surface area contributed by atoms with Crippen LogP contribution in [-0.2, 0) is 0 Å². The minimum absolute atomic E-state index is 0.186. The molecule has 1 aliphatic carbocycles. The molecular formula is C15H22FN3O. The molecule has 0 radical (unpaired) electrons. The molecule has 5 heteroatoms. The third-order valence-electron chi connectivity index (χ3n) is 3.71. The summed E-state index contributed by atoms with van der Waals surface area (Å²) in [5.74, 6) is -0.716. The van der Waals surface area contributed by atoms with Crippen LogP contribution < -0.4 is 10.6 Å². The Kier molecular flexibility index (Phi) is 5.47. The number of carbonyl (C=O) groups is 1. The molecule has 110 valence electrons. The molecule has 4 nitrogen and oxygen atoms in total. The lowest BCUT2D eigenvalue weighted by Gasteiger charge is -2.29. The van der Waals surface area contributed by atoms with Gasteiger partial charge in [-0.05, 0) is 44.7 Å². The SMILES string of the molecule is CCCNC1CCC(NC(=O)c2cncc(F)c2)CC1. The predicted octanol–water partition coefficient (Wildman–Crippen LogP) is 2.26. The van der Waals surface area contributed by atoms with Crippen molar-refractivity contribution in [2.75, 3.05) is 6.54 Å². The van der Waals surface area contributed by atoms with E-state index in [2.05, 4.69) is 22.5 Å². The summed E-state index contributed by atoms with van der Waals surface area (Å²) in [6.07, 6.45) is 7.72. The van der Waals surface area contributed by atoms with E-state index < -0.39 is 5.82 Å². The number of pyridine rings is 1. The second-order valence-electron chi connectivity index (χ2n) is 5.37. The normalized spacial score (nSPS) is 22.5. The summed E-state index contributed by atoms with van der Waals surface area (Å²) in [6, 6.07) is 1.97. The number of rotatable bonds is 5. The highest BCUT2D eigenvalue weighted by Crippen LogP contribution is 2.19. The second-order valence-corrected chi connectivity index (χ2v) is 5.37. The fourth-order valence-corrected chi connectivity index (χ4v) is 2.60. The van der Waals surface area contributed by atoms with Crippen molar-refractivity contribution in [1.29, 1.82) is 0 Å². The summed E-state index contributed by atoms with van der Waals surface area (Å²) in [6.45, 7) is 3.21. The molecule has 1 heterocycles. The first-order chi connectivity index (χ1) is 9.69. The van der Waals surface area contributed by atoms with Crippen LogP contribution in [0.25, 0.3) is 0 Å². The fourth-order valence-electron chi connectivity index (χ4n) is 2.60. The number of aromatic nitrogens is 1. The minimum atomic E-state index is -0.481. The molecule has 0 unspecified atom stereocenters. The van der Waals surface area contributed by atoms with Gasteiger partial charge in [0, 0.05) is 18.3 Å². The van der Waals surface area contributed by atoms with Gasteiger partial charge in [0.2, 0.25) is 0 Å². The van der Waals surface area contributed by atoms with Gasteiger partial charge in [-0.2, -0.15) is 0 Å². The molecule has 1 fully saturated rings. The Morgan fingerprint density at radius 2 is 2.00 bits per heavy atom. The molecule has 1 aromatic rings. The zero-order chi connectivity index (χ0) is 14.4. The van der Waals surface area contributed by atoms with E-state index in [0.29, 0.717) is 6.04 Å². The van der Waals surface area contributed by atoms with Gasteiger partial charge in [-0.1, -0.05) is 6.92 Å². The van der Waals surface area contributed by atoms with Crippen molar-refractivity contribution in [3.05, 3.63) is 29.8 Å². The Labute approximate surface area is 119 Å². The number of halogens is 1.